The summed E-state index contributed by atoms with van der Waals surface area (Å²) in [5.74, 6) is 1.67. The van der Waals surface area contributed by atoms with Crippen LogP contribution in [-0.2, 0) is 0 Å². The number of rotatable bonds is 6. The highest BCUT2D eigenvalue weighted by molar-refractivity contribution is 5.43. The van der Waals surface area contributed by atoms with E-state index in [1.54, 1.807) is 18.3 Å². The molecule has 7 heteroatoms. The summed E-state index contributed by atoms with van der Waals surface area (Å²) < 4.78 is 18.3. The summed E-state index contributed by atoms with van der Waals surface area (Å²) in [6, 6.07) is 7.76. The molecule has 1 fully saturated rings. The maximum atomic E-state index is 12.8. The number of anilines is 2. The van der Waals surface area contributed by atoms with Crippen molar-refractivity contribution in [2.24, 2.45) is 0 Å². The Kier molecular flexibility index (Phi) is 5.43. The van der Waals surface area contributed by atoms with Crippen LogP contribution in [0.5, 0.6) is 5.75 Å². The van der Waals surface area contributed by atoms with Crippen LogP contribution in [0.2, 0.25) is 0 Å². The number of halogens is 1. The van der Waals surface area contributed by atoms with E-state index in [2.05, 4.69) is 20.2 Å². The minimum Gasteiger partial charge on any atom is -0.492 e. The summed E-state index contributed by atoms with van der Waals surface area (Å²) in [7, 11) is 0. The Morgan fingerprint density at radius 1 is 1.29 bits per heavy atom. The molecule has 0 radical (unpaired) electrons. The van der Waals surface area contributed by atoms with Gasteiger partial charge in [-0.15, -0.1) is 0 Å². The highest BCUT2D eigenvalue weighted by Crippen LogP contribution is 2.18. The van der Waals surface area contributed by atoms with Gasteiger partial charge in [-0.3, -0.25) is 0 Å². The van der Waals surface area contributed by atoms with E-state index in [4.69, 9.17) is 4.74 Å². The summed E-state index contributed by atoms with van der Waals surface area (Å²) in [5, 5.41) is 12.9. The number of hydrogen-bond donors (Lipinski definition) is 2. The van der Waals surface area contributed by atoms with Gasteiger partial charge in [-0.2, -0.15) is 4.98 Å². The van der Waals surface area contributed by atoms with E-state index in [1.807, 2.05) is 6.07 Å². The van der Waals surface area contributed by atoms with Gasteiger partial charge in [0, 0.05) is 19.3 Å². The van der Waals surface area contributed by atoms with Gasteiger partial charge in [-0.05, 0) is 43.2 Å². The van der Waals surface area contributed by atoms with E-state index in [0.717, 1.165) is 25.2 Å². The molecule has 2 aromatic rings. The van der Waals surface area contributed by atoms with Crippen LogP contribution in [0.4, 0.5) is 16.2 Å². The lowest BCUT2D eigenvalue weighted by molar-refractivity contribution is 0.154. The number of ether oxygens (including phenoxy) is 1. The summed E-state index contributed by atoms with van der Waals surface area (Å²) >= 11 is 0. The Morgan fingerprint density at radius 2 is 2.12 bits per heavy atom. The van der Waals surface area contributed by atoms with Gasteiger partial charge < -0.3 is 20.1 Å². The smallest absolute Gasteiger partial charge is 0.224 e. The van der Waals surface area contributed by atoms with Crippen LogP contribution in [-0.4, -0.2) is 47.4 Å². The number of piperidine rings is 1. The van der Waals surface area contributed by atoms with Crippen molar-refractivity contribution in [3.63, 3.8) is 0 Å². The Morgan fingerprint density at radius 3 is 2.92 bits per heavy atom. The van der Waals surface area contributed by atoms with Crippen molar-refractivity contribution in [3.05, 3.63) is 42.3 Å². The number of benzene rings is 1. The molecule has 1 atom stereocenters. The van der Waals surface area contributed by atoms with E-state index in [0.29, 0.717) is 31.4 Å². The summed E-state index contributed by atoms with van der Waals surface area (Å²) in [4.78, 5) is 10.7. The van der Waals surface area contributed by atoms with E-state index >= 15 is 0 Å². The van der Waals surface area contributed by atoms with Gasteiger partial charge in [0.05, 0.1) is 12.6 Å². The van der Waals surface area contributed by atoms with Crippen molar-refractivity contribution in [1.82, 2.24) is 9.97 Å². The van der Waals surface area contributed by atoms with Crippen molar-refractivity contribution in [3.8, 4) is 5.75 Å². The SMILES string of the molecule is OC1CCCN(c2ccnc(NCCOc3ccc(F)cc3)n2)C1. The molecule has 0 amide bonds. The number of nitrogens with zero attached hydrogens (tertiary/aromatic N) is 3. The molecule has 1 aliphatic heterocycles. The van der Waals surface area contributed by atoms with Crippen LogP contribution in [0.1, 0.15) is 12.8 Å². The molecular weight excluding hydrogens is 311 g/mol. The third-order valence-corrected chi connectivity index (χ3v) is 3.83. The van der Waals surface area contributed by atoms with Gasteiger partial charge >= 0.3 is 0 Å². The second kappa shape index (κ2) is 7.92. The summed E-state index contributed by atoms with van der Waals surface area (Å²) in [5.41, 5.74) is 0. The first-order chi connectivity index (χ1) is 11.7. The molecule has 0 saturated carbocycles. The molecular formula is C17H21FN4O2. The minimum absolute atomic E-state index is 0.284. The van der Waals surface area contributed by atoms with Crippen molar-refractivity contribution in [2.45, 2.75) is 18.9 Å². The van der Waals surface area contributed by atoms with Gasteiger partial charge in [-0.1, -0.05) is 0 Å². The van der Waals surface area contributed by atoms with Gasteiger partial charge in [0.25, 0.3) is 0 Å². The molecule has 0 aliphatic carbocycles. The molecule has 0 spiro atoms. The Hall–Kier alpha value is -2.41. The second-order valence-electron chi connectivity index (χ2n) is 5.71. The normalized spacial score (nSPS) is 17.6. The topological polar surface area (TPSA) is 70.5 Å². The molecule has 1 saturated heterocycles. The van der Waals surface area contributed by atoms with Crippen LogP contribution >= 0.6 is 0 Å². The predicted molar refractivity (Wildman–Crippen MR) is 89.9 cm³/mol. The number of nitrogens with one attached hydrogen (secondary N) is 1. The van der Waals surface area contributed by atoms with Crippen molar-refractivity contribution < 1.29 is 14.2 Å². The molecule has 1 aromatic carbocycles. The average molecular weight is 332 g/mol. The largest absolute Gasteiger partial charge is 0.492 e. The van der Waals surface area contributed by atoms with E-state index < -0.39 is 0 Å². The van der Waals surface area contributed by atoms with E-state index in [1.165, 1.54) is 12.1 Å². The molecule has 2 heterocycles. The summed E-state index contributed by atoms with van der Waals surface area (Å²) in [6.45, 7) is 2.44. The van der Waals surface area contributed by atoms with Crippen LogP contribution in [0.3, 0.4) is 0 Å². The van der Waals surface area contributed by atoms with Crippen LogP contribution in [0, 0.1) is 5.82 Å². The first kappa shape index (κ1) is 16.4. The molecule has 1 unspecified atom stereocenters. The lowest BCUT2D eigenvalue weighted by atomic mass is 10.1. The van der Waals surface area contributed by atoms with E-state index in [9.17, 15) is 9.50 Å². The molecule has 0 bridgehead atoms. The number of hydrogen-bond acceptors (Lipinski definition) is 6. The fourth-order valence-corrected chi connectivity index (χ4v) is 2.64. The first-order valence-electron chi connectivity index (χ1n) is 8.09. The Labute approximate surface area is 140 Å². The third-order valence-electron chi connectivity index (χ3n) is 3.83. The van der Waals surface area contributed by atoms with Crippen molar-refractivity contribution >= 4 is 11.8 Å². The van der Waals surface area contributed by atoms with Crippen LogP contribution in [0.25, 0.3) is 0 Å². The zero-order valence-corrected chi connectivity index (χ0v) is 13.4. The third kappa shape index (κ3) is 4.55. The standard InChI is InChI=1S/C17H21FN4O2/c18-13-3-5-15(6-4-13)24-11-9-20-17-19-8-7-16(21-17)22-10-1-2-14(23)12-22/h3-8,14,23H,1-2,9-12H2,(H,19,20,21). The monoisotopic (exact) mass is 332 g/mol. The fraction of sp³-hybridized carbons (Fsp3) is 0.412. The van der Waals surface area contributed by atoms with Crippen LogP contribution in [0.15, 0.2) is 36.5 Å². The highest BCUT2D eigenvalue weighted by Gasteiger charge is 2.19. The zero-order valence-electron chi connectivity index (χ0n) is 13.4. The number of aromatic nitrogens is 2. The number of aliphatic hydroxyl groups is 1. The highest BCUT2D eigenvalue weighted by atomic mass is 19.1. The maximum absolute atomic E-state index is 12.8. The molecule has 1 aliphatic rings. The average Bonchev–Trinajstić information content (AvgIpc) is 2.61. The maximum Gasteiger partial charge on any atom is 0.224 e. The second-order valence-corrected chi connectivity index (χ2v) is 5.71. The first-order valence-corrected chi connectivity index (χ1v) is 8.09. The van der Waals surface area contributed by atoms with Crippen molar-refractivity contribution in [1.29, 1.82) is 0 Å². The predicted octanol–water partition coefficient (Wildman–Crippen LogP) is 2.07. The van der Waals surface area contributed by atoms with Crippen LogP contribution < -0.4 is 15.0 Å². The van der Waals surface area contributed by atoms with Gasteiger partial charge in [0.2, 0.25) is 5.95 Å². The zero-order chi connectivity index (χ0) is 16.8. The molecule has 1 aromatic heterocycles. The fourth-order valence-electron chi connectivity index (χ4n) is 2.64. The lowest BCUT2D eigenvalue weighted by Crippen LogP contribution is -2.38. The van der Waals surface area contributed by atoms with Crippen molar-refractivity contribution in [2.75, 3.05) is 36.5 Å². The van der Waals surface area contributed by atoms with Gasteiger partial charge in [0.15, 0.2) is 0 Å². The van der Waals surface area contributed by atoms with E-state index in [-0.39, 0.29) is 11.9 Å². The molecule has 2 N–H and O–H groups in total. The molecule has 128 valence electrons. The summed E-state index contributed by atoms with van der Waals surface area (Å²) in [6.07, 6.45) is 3.20. The Balaban J connectivity index is 1.48. The molecule has 24 heavy (non-hydrogen) atoms. The quantitative estimate of drug-likeness (QED) is 0.789. The molecule has 6 nitrogen and oxygen atoms in total. The minimum atomic E-state index is -0.297. The molecule has 3 rings (SSSR count). The Bertz CT molecular complexity index is 653. The lowest BCUT2D eigenvalue weighted by Gasteiger charge is -2.31. The van der Waals surface area contributed by atoms with Gasteiger partial charge in [-0.25, -0.2) is 9.37 Å². The van der Waals surface area contributed by atoms with Gasteiger partial charge in [0.1, 0.15) is 24.0 Å². The number of β-amino-alcohol motifs (C(OH)–C–C–N with tert-alkyl or cyclic N) is 1. The number of aliphatic hydroxyl groups excluding tert-OH is 1.